The molecule has 1 fully saturated rings. The number of piperidine rings is 1. The van der Waals surface area contributed by atoms with Gasteiger partial charge in [-0.25, -0.2) is 4.39 Å². The Bertz CT molecular complexity index is 720. The Kier molecular flexibility index (Phi) is 6.34. The lowest BCUT2D eigenvalue weighted by Crippen LogP contribution is -2.51. The van der Waals surface area contributed by atoms with Crippen LogP contribution in [-0.4, -0.2) is 41.5 Å². The molecule has 0 spiro atoms. The van der Waals surface area contributed by atoms with Crippen LogP contribution in [-0.2, 0) is 0 Å². The van der Waals surface area contributed by atoms with Crippen LogP contribution in [0.2, 0.25) is 0 Å². The van der Waals surface area contributed by atoms with Gasteiger partial charge in [0.1, 0.15) is 17.7 Å². The van der Waals surface area contributed by atoms with E-state index in [9.17, 15) is 9.50 Å². The molecule has 0 saturated carbocycles. The molecule has 0 aliphatic carbocycles. The molecule has 146 valence electrons. The molecule has 1 heterocycles. The number of aryl methyl sites for hydroxylation is 2. The zero-order valence-corrected chi connectivity index (χ0v) is 16.3. The zero-order chi connectivity index (χ0) is 19.4. The van der Waals surface area contributed by atoms with E-state index in [1.165, 1.54) is 28.9 Å². The molecule has 1 saturated heterocycles. The summed E-state index contributed by atoms with van der Waals surface area (Å²) >= 11 is 0. The maximum Gasteiger partial charge on any atom is 0.178 e. The topological polar surface area (TPSA) is 44.7 Å². The highest BCUT2D eigenvalue weighted by Crippen LogP contribution is 2.25. The Morgan fingerprint density at radius 3 is 2.22 bits per heavy atom. The van der Waals surface area contributed by atoms with Crippen LogP contribution in [0.15, 0.2) is 42.5 Å². The Hall–Kier alpha value is -2.11. The number of aliphatic hydroxyl groups is 1. The first-order valence-electron chi connectivity index (χ1n) is 9.61. The third-order valence-corrected chi connectivity index (χ3v) is 5.20. The molecular weight excluding hydrogens is 343 g/mol. The molecule has 2 aromatic rings. The predicted octanol–water partition coefficient (Wildman–Crippen LogP) is 4.10. The summed E-state index contributed by atoms with van der Waals surface area (Å²) in [7, 11) is 0. The van der Waals surface area contributed by atoms with E-state index in [1.54, 1.807) is 19.1 Å². The van der Waals surface area contributed by atoms with Gasteiger partial charge in [0.2, 0.25) is 0 Å². The summed E-state index contributed by atoms with van der Waals surface area (Å²) < 4.78 is 19.0. The number of benzene rings is 2. The van der Waals surface area contributed by atoms with Crippen LogP contribution in [0, 0.1) is 19.7 Å². The second-order valence-electron chi connectivity index (χ2n) is 7.42. The average molecular weight is 372 g/mol. The highest BCUT2D eigenvalue weighted by molar-refractivity contribution is 5.57. The number of halogens is 1. The first-order valence-corrected chi connectivity index (χ1v) is 9.61. The summed E-state index contributed by atoms with van der Waals surface area (Å²) in [5.41, 5.74) is 3.75. The molecule has 27 heavy (non-hydrogen) atoms. The van der Waals surface area contributed by atoms with Crippen molar-refractivity contribution in [3.8, 4) is 5.75 Å². The number of nitrogens with zero attached hydrogens (tertiary/aromatic N) is 1. The quantitative estimate of drug-likeness (QED) is 0.801. The first kappa shape index (κ1) is 19.6. The van der Waals surface area contributed by atoms with E-state index >= 15 is 0 Å². The molecule has 2 unspecified atom stereocenters. The van der Waals surface area contributed by atoms with Gasteiger partial charge in [0, 0.05) is 24.8 Å². The van der Waals surface area contributed by atoms with Gasteiger partial charge in [-0.2, -0.15) is 0 Å². The number of ether oxygens (including phenoxy) is 1. The molecule has 0 aromatic heterocycles. The number of hydrogen-bond acceptors (Lipinski definition) is 4. The molecule has 3 rings (SSSR count). The summed E-state index contributed by atoms with van der Waals surface area (Å²) in [6.45, 7) is 7.66. The van der Waals surface area contributed by atoms with Gasteiger partial charge in [-0.3, -0.25) is 4.90 Å². The number of nitrogens with one attached hydrogen (secondary N) is 1. The van der Waals surface area contributed by atoms with E-state index in [4.69, 9.17) is 4.74 Å². The third-order valence-electron chi connectivity index (χ3n) is 5.20. The van der Waals surface area contributed by atoms with Crippen molar-refractivity contribution in [3.63, 3.8) is 0 Å². The number of anilines is 1. The van der Waals surface area contributed by atoms with Crippen molar-refractivity contribution in [1.82, 2.24) is 4.90 Å². The zero-order valence-electron chi connectivity index (χ0n) is 16.3. The molecule has 1 aliphatic heterocycles. The normalized spacial score (nSPS) is 18.1. The highest BCUT2D eigenvalue weighted by Gasteiger charge is 2.29. The summed E-state index contributed by atoms with van der Waals surface area (Å²) in [5.74, 6) is 0.271. The van der Waals surface area contributed by atoms with Crippen molar-refractivity contribution in [2.75, 3.05) is 18.4 Å². The molecule has 2 aromatic carbocycles. The van der Waals surface area contributed by atoms with E-state index < -0.39 is 12.3 Å². The number of para-hydroxylation sites is 1. The van der Waals surface area contributed by atoms with Gasteiger partial charge in [0.05, 0.1) is 0 Å². The van der Waals surface area contributed by atoms with Crippen LogP contribution >= 0.6 is 0 Å². The SMILES string of the molecule is Cc1cccc(C)c1NC1CCN(C(Oc2ccc(F)cc2)C(C)O)CC1. The van der Waals surface area contributed by atoms with Gasteiger partial charge in [0.15, 0.2) is 6.23 Å². The molecule has 2 N–H and O–H groups in total. The van der Waals surface area contributed by atoms with Gasteiger partial charge in [-0.1, -0.05) is 18.2 Å². The Balaban J connectivity index is 1.60. The lowest BCUT2D eigenvalue weighted by molar-refractivity contribution is -0.0662. The lowest BCUT2D eigenvalue weighted by atomic mass is 10.0. The fourth-order valence-electron chi connectivity index (χ4n) is 3.68. The van der Waals surface area contributed by atoms with Crippen molar-refractivity contribution in [3.05, 3.63) is 59.4 Å². The lowest BCUT2D eigenvalue weighted by Gasteiger charge is -2.39. The maximum absolute atomic E-state index is 13.1. The summed E-state index contributed by atoms with van der Waals surface area (Å²) in [4.78, 5) is 2.16. The maximum atomic E-state index is 13.1. The third kappa shape index (κ3) is 4.99. The molecular formula is C22H29FN2O2. The Morgan fingerprint density at radius 1 is 1.07 bits per heavy atom. The largest absolute Gasteiger partial charge is 0.472 e. The van der Waals surface area contributed by atoms with Crippen molar-refractivity contribution in [2.45, 2.75) is 52.0 Å². The molecule has 4 nitrogen and oxygen atoms in total. The summed E-state index contributed by atoms with van der Waals surface area (Å²) in [6, 6.07) is 12.7. The number of likely N-dealkylation sites (tertiary alicyclic amines) is 1. The van der Waals surface area contributed by atoms with Crippen LogP contribution < -0.4 is 10.1 Å². The van der Waals surface area contributed by atoms with E-state index in [2.05, 4.69) is 42.3 Å². The van der Waals surface area contributed by atoms with Gasteiger partial charge in [-0.15, -0.1) is 0 Å². The summed E-state index contributed by atoms with van der Waals surface area (Å²) in [5, 5.41) is 13.9. The smallest absolute Gasteiger partial charge is 0.178 e. The molecule has 1 aliphatic rings. The van der Waals surface area contributed by atoms with Crippen molar-refractivity contribution >= 4 is 5.69 Å². The van der Waals surface area contributed by atoms with E-state index in [0.29, 0.717) is 11.8 Å². The number of rotatable bonds is 6. The van der Waals surface area contributed by atoms with Gasteiger partial charge < -0.3 is 15.2 Å². The standard InChI is InChI=1S/C22H29FN2O2/c1-15-5-4-6-16(2)21(15)24-19-11-13-25(14-12-19)22(17(3)26)27-20-9-7-18(23)8-10-20/h4-10,17,19,22,24,26H,11-14H2,1-3H3. The van der Waals surface area contributed by atoms with Crippen molar-refractivity contribution in [2.24, 2.45) is 0 Å². The monoisotopic (exact) mass is 372 g/mol. The fraction of sp³-hybridized carbons (Fsp3) is 0.455. The summed E-state index contributed by atoms with van der Waals surface area (Å²) in [6.07, 6.45) is 0.878. The molecule has 0 amide bonds. The molecule has 0 radical (unpaired) electrons. The van der Waals surface area contributed by atoms with Gasteiger partial charge >= 0.3 is 0 Å². The number of aliphatic hydroxyl groups excluding tert-OH is 1. The van der Waals surface area contributed by atoms with E-state index in [0.717, 1.165) is 25.9 Å². The average Bonchev–Trinajstić information content (AvgIpc) is 2.65. The van der Waals surface area contributed by atoms with Crippen LogP contribution in [0.1, 0.15) is 30.9 Å². The second kappa shape index (κ2) is 8.72. The van der Waals surface area contributed by atoms with E-state index in [1.807, 2.05) is 0 Å². The van der Waals surface area contributed by atoms with Crippen LogP contribution in [0.25, 0.3) is 0 Å². The minimum Gasteiger partial charge on any atom is -0.472 e. The minimum absolute atomic E-state index is 0.297. The highest BCUT2D eigenvalue weighted by atomic mass is 19.1. The molecule has 0 bridgehead atoms. The Morgan fingerprint density at radius 2 is 1.67 bits per heavy atom. The fourth-order valence-corrected chi connectivity index (χ4v) is 3.68. The van der Waals surface area contributed by atoms with Crippen LogP contribution in [0.3, 0.4) is 0 Å². The van der Waals surface area contributed by atoms with Crippen LogP contribution in [0.4, 0.5) is 10.1 Å². The minimum atomic E-state index is -0.641. The molecule has 5 heteroatoms. The van der Waals surface area contributed by atoms with Gasteiger partial charge in [0.25, 0.3) is 0 Å². The van der Waals surface area contributed by atoms with Crippen LogP contribution in [0.5, 0.6) is 5.75 Å². The Labute approximate surface area is 161 Å². The van der Waals surface area contributed by atoms with Gasteiger partial charge in [-0.05, 0) is 69.0 Å². The van der Waals surface area contributed by atoms with E-state index in [-0.39, 0.29) is 5.82 Å². The van der Waals surface area contributed by atoms with Crippen molar-refractivity contribution < 1.29 is 14.2 Å². The molecule has 2 atom stereocenters. The second-order valence-corrected chi connectivity index (χ2v) is 7.42. The first-order chi connectivity index (χ1) is 12.9. The van der Waals surface area contributed by atoms with Crippen molar-refractivity contribution in [1.29, 1.82) is 0 Å². The number of hydrogen-bond donors (Lipinski definition) is 2. The predicted molar refractivity (Wildman–Crippen MR) is 107 cm³/mol.